The molecule has 0 aliphatic carbocycles. The van der Waals surface area contributed by atoms with Crippen LogP contribution in [-0.4, -0.2) is 37.2 Å². The second kappa shape index (κ2) is 7.73. The molecule has 0 atom stereocenters. The molecule has 0 spiro atoms. The van der Waals surface area contributed by atoms with E-state index in [0.717, 1.165) is 10.9 Å². The predicted molar refractivity (Wildman–Crippen MR) is 105 cm³/mol. The van der Waals surface area contributed by atoms with E-state index in [-0.39, 0.29) is 18.0 Å². The minimum Gasteiger partial charge on any atom is -0.461 e. The summed E-state index contributed by atoms with van der Waals surface area (Å²) in [5, 5.41) is 9.74. The maximum Gasteiger partial charge on any atom is 0.219 e. The smallest absolute Gasteiger partial charge is 0.219 e. The first-order valence-electron chi connectivity index (χ1n) is 8.61. The Morgan fingerprint density at radius 2 is 2.04 bits per heavy atom. The lowest BCUT2D eigenvalue weighted by atomic mass is 10.1. The van der Waals surface area contributed by atoms with E-state index in [1.54, 1.807) is 22.9 Å². The van der Waals surface area contributed by atoms with Crippen molar-refractivity contribution < 1.29 is 14.0 Å². The number of para-hydroxylation sites is 1. The topological polar surface area (TPSA) is 120 Å². The van der Waals surface area contributed by atoms with Gasteiger partial charge < -0.3 is 15.1 Å². The van der Waals surface area contributed by atoms with Crippen LogP contribution >= 0.6 is 11.8 Å². The lowest BCUT2D eigenvalue weighted by molar-refractivity contribution is -0.118. The summed E-state index contributed by atoms with van der Waals surface area (Å²) in [5.74, 6) is 0.769. The monoisotopic (exact) mass is 395 g/mol. The standard InChI is InChI=1S/C19H17N5O3S/c20-17(26)7-8-24-18(16-6-3-9-27-16)22-23-19(24)28-11-15(25)13-10-21-14-5-2-1-4-12(13)14/h1-6,9-10,21H,7-8,11H2,(H2,20,26). The Kier molecular flexibility index (Phi) is 4.98. The van der Waals surface area contributed by atoms with Crippen LogP contribution in [0.4, 0.5) is 0 Å². The van der Waals surface area contributed by atoms with Gasteiger partial charge in [0.25, 0.3) is 0 Å². The molecule has 0 saturated heterocycles. The van der Waals surface area contributed by atoms with Crippen LogP contribution in [0.2, 0.25) is 0 Å². The molecule has 0 fully saturated rings. The number of nitrogens with two attached hydrogens (primary N) is 1. The van der Waals surface area contributed by atoms with Gasteiger partial charge in [0.15, 0.2) is 22.5 Å². The average molecular weight is 395 g/mol. The van der Waals surface area contributed by atoms with Crippen molar-refractivity contribution in [1.82, 2.24) is 19.7 Å². The minimum absolute atomic E-state index is 0.0218. The number of hydrogen-bond acceptors (Lipinski definition) is 6. The molecule has 1 amide bonds. The van der Waals surface area contributed by atoms with Crippen molar-refractivity contribution in [3.8, 4) is 11.6 Å². The highest BCUT2D eigenvalue weighted by atomic mass is 32.2. The number of ketones is 1. The van der Waals surface area contributed by atoms with Crippen molar-refractivity contribution in [3.63, 3.8) is 0 Å². The first-order valence-corrected chi connectivity index (χ1v) is 9.59. The van der Waals surface area contributed by atoms with Crippen LogP contribution in [0.3, 0.4) is 0 Å². The van der Waals surface area contributed by atoms with Gasteiger partial charge >= 0.3 is 0 Å². The maximum atomic E-state index is 12.7. The second-order valence-corrected chi connectivity index (χ2v) is 7.05. The Hall–Kier alpha value is -3.33. The predicted octanol–water partition coefficient (Wildman–Crippen LogP) is 2.87. The van der Waals surface area contributed by atoms with Crippen molar-refractivity contribution in [3.05, 3.63) is 54.4 Å². The highest BCUT2D eigenvalue weighted by Crippen LogP contribution is 2.26. The van der Waals surface area contributed by atoms with Crippen LogP contribution in [0, 0.1) is 0 Å². The number of thioether (sulfide) groups is 1. The number of nitrogens with one attached hydrogen (secondary N) is 1. The molecular formula is C19H17N5O3S. The van der Waals surface area contributed by atoms with Crippen LogP contribution in [0.25, 0.3) is 22.5 Å². The van der Waals surface area contributed by atoms with Crippen LogP contribution in [0.1, 0.15) is 16.8 Å². The molecule has 9 heteroatoms. The van der Waals surface area contributed by atoms with E-state index in [0.29, 0.717) is 28.8 Å². The number of hydrogen-bond donors (Lipinski definition) is 2. The molecule has 142 valence electrons. The van der Waals surface area contributed by atoms with Crippen molar-refractivity contribution in [1.29, 1.82) is 0 Å². The fraction of sp³-hybridized carbons (Fsp3) is 0.158. The highest BCUT2D eigenvalue weighted by Gasteiger charge is 2.19. The molecule has 0 saturated carbocycles. The van der Waals surface area contributed by atoms with E-state index in [1.165, 1.54) is 18.0 Å². The molecule has 0 aliphatic rings. The second-order valence-electron chi connectivity index (χ2n) is 6.11. The first-order chi connectivity index (χ1) is 13.6. The van der Waals surface area contributed by atoms with E-state index < -0.39 is 5.91 Å². The summed E-state index contributed by atoms with van der Waals surface area (Å²) in [7, 11) is 0. The van der Waals surface area contributed by atoms with Gasteiger partial charge in [-0.1, -0.05) is 30.0 Å². The zero-order valence-corrected chi connectivity index (χ0v) is 15.6. The van der Waals surface area contributed by atoms with Crippen LogP contribution in [0.5, 0.6) is 0 Å². The van der Waals surface area contributed by atoms with Gasteiger partial charge in [0, 0.05) is 35.6 Å². The number of fused-ring (bicyclic) bond motifs is 1. The van der Waals surface area contributed by atoms with Gasteiger partial charge in [-0.2, -0.15) is 0 Å². The van der Waals surface area contributed by atoms with Gasteiger partial charge in [0.05, 0.1) is 12.0 Å². The zero-order valence-electron chi connectivity index (χ0n) is 14.8. The Bertz CT molecular complexity index is 1130. The third-order valence-corrected chi connectivity index (χ3v) is 5.23. The zero-order chi connectivity index (χ0) is 19.5. The Morgan fingerprint density at radius 3 is 2.82 bits per heavy atom. The Balaban J connectivity index is 1.55. The number of amides is 1. The van der Waals surface area contributed by atoms with Gasteiger partial charge in [-0.3, -0.25) is 14.2 Å². The molecule has 4 aromatic rings. The van der Waals surface area contributed by atoms with Gasteiger partial charge in [-0.15, -0.1) is 10.2 Å². The van der Waals surface area contributed by atoms with Crippen LogP contribution in [0.15, 0.2) is 58.4 Å². The highest BCUT2D eigenvalue weighted by molar-refractivity contribution is 7.99. The summed E-state index contributed by atoms with van der Waals surface area (Å²) in [6.45, 7) is 0.308. The molecule has 3 heterocycles. The van der Waals surface area contributed by atoms with Crippen LogP contribution < -0.4 is 5.73 Å². The summed E-state index contributed by atoms with van der Waals surface area (Å²) in [6, 6.07) is 11.2. The molecule has 1 aromatic carbocycles. The van der Waals surface area contributed by atoms with E-state index in [4.69, 9.17) is 10.2 Å². The SMILES string of the molecule is NC(=O)CCn1c(SCC(=O)c2c[nH]c3ccccc23)nnc1-c1ccco1. The fourth-order valence-corrected chi connectivity index (χ4v) is 3.77. The molecule has 0 bridgehead atoms. The summed E-state index contributed by atoms with van der Waals surface area (Å²) < 4.78 is 7.14. The van der Waals surface area contributed by atoms with Gasteiger partial charge in [-0.25, -0.2) is 0 Å². The largest absolute Gasteiger partial charge is 0.461 e. The van der Waals surface area contributed by atoms with Crippen molar-refractivity contribution in [2.75, 3.05) is 5.75 Å². The summed E-state index contributed by atoms with van der Waals surface area (Å²) in [4.78, 5) is 27.1. The first kappa shape index (κ1) is 18.1. The number of primary amides is 1. The number of H-pyrrole nitrogens is 1. The van der Waals surface area contributed by atoms with Crippen molar-refractivity contribution in [2.45, 2.75) is 18.1 Å². The molecule has 3 N–H and O–H groups in total. The molecule has 28 heavy (non-hydrogen) atoms. The molecule has 8 nitrogen and oxygen atoms in total. The third kappa shape index (κ3) is 3.56. The van der Waals surface area contributed by atoms with E-state index in [9.17, 15) is 9.59 Å². The van der Waals surface area contributed by atoms with Crippen LogP contribution in [-0.2, 0) is 11.3 Å². The normalized spacial score (nSPS) is 11.1. The number of aromatic amines is 1. The van der Waals surface area contributed by atoms with E-state index in [1.807, 2.05) is 24.3 Å². The van der Waals surface area contributed by atoms with Gasteiger partial charge in [0.1, 0.15) is 0 Å². The number of rotatable bonds is 8. The summed E-state index contributed by atoms with van der Waals surface area (Å²) in [6.07, 6.45) is 3.39. The number of furan rings is 1. The molecule has 0 radical (unpaired) electrons. The van der Waals surface area contributed by atoms with Gasteiger partial charge in [0.2, 0.25) is 5.91 Å². The quantitative estimate of drug-likeness (QED) is 0.350. The Labute approximate surface area is 164 Å². The molecule has 3 aromatic heterocycles. The van der Waals surface area contributed by atoms with E-state index >= 15 is 0 Å². The molecular weight excluding hydrogens is 378 g/mol. The lowest BCUT2D eigenvalue weighted by Crippen LogP contribution is -2.15. The lowest BCUT2D eigenvalue weighted by Gasteiger charge is -2.07. The number of nitrogens with zero attached hydrogens (tertiary/aromatic N) is 3. The number of aromatic nitrogens is 4. The molecule has 0 aliphatic heterocycles. The number of Topliss-reactive ketones (excluding diaryl/α,β-unsaturated/α-hetero) is 1. The Morgan fingerprint density at radius 1 is 1.18 bits per heavy atom. The van der Waals surface area contributed by atoms with E-state index in [2.05, 4.69) is 15.2 Å². The summed E-state index contributed by atoms with van der Waals surface area (Å²) in [5.41, 5.74) is 6.84. The molecule has 0 unspecified atom stereocenters. The van der Waals surface area contributed by atoms with Gasteiger partial charge in [-0.05, 0) is 18.2 Å². The number of carbonyl (C=O) groups excluding carboxylic acids is 2. The van der Waals surface area contributed by atoms with Crippen molar-refractivity contribution >= 4 is 34.4 Å². The third-order valence-electron chi connectivity index (χ3n) is 4.26. The molecule has 4 rings (SSSR count). The number of carbonyl (C=O) groups is 2. The minimum atomic E-state index is -0.426. The maximum absolute atomic E-state index is 12.7. The summed E-state index contributed by atoms with van der Waals surface area (Å²) >= 11 is 1.26. The number of benzene rings is 1. The average Bonchev–Trinajstić information content (AvgIpc) is 3.43. The van der Waals surface area contributed by atoms with Crippen molar-refractivity contribution in [2.24, 2.45) is 5.73 Å². The fourth-order valence-electron chi connectivity index (χ4n) is 2.92.